The van der Waals surface area contributed by atoms with Crippen LogP contribution in [-0.2, 0) is 9.53 Å². The minimum absolute atomic E-state index is 0.199. The summed E-state index contributed by atoms with van der Waals surface area (Å²) in [5.41, 5.74) is 0.898. The van der Waals surface area contributed by atoms with Crippen molar-refractivity contribution in [3.63, 3.8) is 0 Å². The monoisotopic (exact) mass is 354 g/mol. The summed E-state index contributed by atoms with van der Waals surface area (Å²) in [6.45, 7) is 0.368. The zero-order valence-electron chi connectivity index (χ0n) is 11.2. The molecule has 0 bridgehead atoms. The Morgan fingerprint density at radius 3 is 2.90 bits per heavy atom. The average Bonchev–Trinajstić information content (AvgIpc) is 2.81. The minimum Gasteiger partial charge on any atom is -0.439 e. The van der Waals surface area contributed by atoms with Gasteiger partial charge in [0.15, 0.2) is 0 Å². The molecule has 0 aliphatic carbocycles. The third-order valence-corrected chi connectivity index (χ3v) is 4.29. The first-order valence-electron chi connectivity index (χ1n) is 6.75. The molecule has 2 aliphatic rings. The molecule has 2 unspecified atom stereocenters. The summed E-state index contributed by atoms with van der Waals surface area (Å²) in [5, 5.41) is 12.4. The van der Waals surface area contributed by atoms with Crippen molar-refractivity contribution in [2.24, 2.45) is 0 Å². The van der Waals surface area contributed by atoms with Gasteiger partial charge in [-0.2, -0.15) is 0 Å². The van der Waals surface area contributed by atoms with E-state index in [2.05, 4.69) is 21.2 Å². The first-order chi connectivity index (χ1) is 10.0. The summed E-state index contributed by atoms with van der Waals surface area (Å²) in [6, 6.07) is 7.14. The lowest BCUT2D eigenvalue weighted by Crippen LogP contribution is -2.55. The molecular formula is C14H15BrN2O4. The third kappa shape index (κ3) is 2.89. The maximum atomic E-state index is 12.0. The third-order valence-electron chi connectivity index (χ3n) is 3.80. The maximum absolute atomic E-state index is 12.0. The predicted molar refractivity (Wildman–Crippen MR) is 77.2 cm³/mol. The number of ether oxygens (including phenoxy) is 1. The fraction of sp³-hybridized carbons (Fsp3) is 0.429. The summed E-state index contributed by atoms with van der Waals surface area (Å²) in [7, 11) is 0. The highest BCUT2D eigenvalue weighted by molar-refractivity contribution is 9.10. The molecule has 2 fully saturated rings. The van der Waals surface area contributed by atoms with Gasteiger partial charge >= 0.3 is 6.09 Å². The van der Waals surface area contributed by atoms with E-state index in [1.165, 1.54) is 4.90 Å². The van der Waals surface area contributed by atoms with E-state index in [1.807, 2.05) is 24.3 Å². The van der Waals surface area contributed by atoms with Gasteiger partial charge in [-0.15, -0.1) is 0 Å². The Hall–Kier alpha value is -1.60. The first kappa shape index (κ1) is 14.3. The number of halogens is 1. The number of benzene rings is 1. The molecule has 2 saturated heterocycles. The van der Waals surface area contributed by atoms with Crippen LogP contribution in [0.3, 0.4) is 0 Å². The van der Waals surface area contributed by atoms with Crippen LogP contribution in [0.15, 0.2) is 28.7 Å². The summed E-state index contributed by atoms with van der Waals surface area (Å²) < 4.78 is 6.30. The van der Waals surface area contributed by atoms with Crippen LogP contribution in [0.25, 0.3) is 0 Å². The molecule has 2 aliphatic heterocycles. The number of carbonyl (C=O) groups is 2. The molecule has 6 nitrogen and oxygen atoms in total. The quantitative estimate of drug-likeness (QED) is 0.844. The number of rotatable bonds is 2. The molecule has 21 heavy (non-hydrogen) atoms. The predicted octanol–water partition coefficient (Wildman–Crippen LogP) is 1.54. The SMILES string of the molecule is O=C1CCC(N2C[C@H](c3cccc(Br)c3)OC2=O)C(O)N1. The largest absolute Gasteiger partial charge is 0.439 e. The Balaban J connectivity index is 1.74. The van der Waals surface area contributed by atoms with Crippen LogP contribution in [0.5, 0.6) is 0 Å². The molecular weight excluding hydrogens is 340 g/mol. The lowest BCUT2D eigenvalue weighted by molar-refractivity contribution is -0.129. The number of nitrogens with zero attached hydrogens (tertiary/aromatic N) is 1. The van der Waals surface area contributed by atoms with Gasteiger partial charge in [0.05, 0.1) is 12.6 Å². The average molecular weight is 355 g/mol. The van der Waals surface area contributed by atoms with E-state index in [9.17, 15) is 14.7 Å². The topological polar surface area (TPSA) is 78.9 Å². The fourth-order valence-electron chi connectivity index (χ4n) is 2.73. The van der Waals surface area contributed by atoms with Crippen LogP contribution in [0.2, 0.25) is 0 Å². The number of hydrogen-bond donors (Lipinski definition) is 2. The molecule has 1 aromatic rings. The Kier molecular flexibility index (Phi) is 3.86. The zero-order chi connectivity index (χ0) is 15.0. The number of cyclic esters (lactones) is 1. The summed E-state index contributed by atoms with van der Waals surface area (Å²) >= 11 is 3.39. The van der Waals surface area contributed by atoms with Crippen molar-refractivity contribution < 1.29 is 19.4 Å². The number of aliphatic hydroxyl groups excluding tert-OH is 1. The molecule has 0 saturated carbocycles. The number of nitrogens with one attached hydrogen (secondary N) is 1. The van der Waals surface area contributed by atoms with Crippen molar-refractivity contribution in [1.29, 1.82) is 0 Å². The lowest BCUT2D eigenvalue weighted by atomic mass is 10.0. The van der Waals surface area contributed by atoms with Gasteiger partial charge in [0, 0.05) is 10.9 Å². The van der Waals surface area contributed by atoms with E-state index in [0.717, 1.165) is 10.0 Å². The van der Waals surface area contributed by atoms with Gasteiger partial charge < -0.3 is 15.2 Å². The molecule has 3 rings (SSSR count). The van der Waals surface area contributed by atoms with Crippen LogP contribution >= 0.6 is 15.9 Å². The number of carbonyl (C=O) groups excluding carboxylic acids is 2. The van der Waals surface area contributed by atoms with Gasteiger partial charge in [0.25, 0.3) is 0 Å². The molecule has 0 aromatic heterocycles. The van der Waals surface area contributed by atoms with Crippen molar-refractivity contribution in [3.8, 4) is 0 Å². The number of piperidine rings is 1. The molecule has 0 spiro atoms. The van der Waals surface area contributed by atoms with Gasteiger partial charge in [-0.25, -0.2) is 4.79 Å². The van der Waals surface area contributed by atoms with E-state index in [4.69, 9.17) is 4.74 Å². The molecule has 112 valence electrons. The standard InChI is InChI=1S/C14H15BrN2O4/c15-9-3-1-2-8(6-9)11-7-17(14(20)21-11)10-4-5-12(18)16-13(10)19/h1-3,6,10-11,13,19H,4-5,7H2,(H,16,18)/t10?,11-,13?/m1/s1. The first-order valence-corrected chi connectivity index (χ1v) is 7.54. The Morgan fingerprint density at radius 2 is 2.19 bits per heavy atom. The van der Waals surface area contributed by atoms with Crippen LogP contribution in [0.1, 0.15) is 24.5 Å². The summed E-state index contributed by atoms with van der Waals surface area (Å²) in [5.74, 6) is -0.199. The lowest BCUT2D eigenvalue weighted by Gasteiger charge is -2.33. The van der Waals surface area contributed by atoms with Crippen LogP contribution in [0.4, 0.5) is 4.79 Å². The molecule has 7 heteroatoms. The van der Waals surface area contributed by atoms with E-state index >= 15 is 0 Å². The number of aliphatic hydroxyl groups is 1. The second kappa shape index (κ2) is 5.65. The highest BCUT2D eigenvalue weighted by Crippen LogP contribution is 2.31. The van der Waals surface area contributed by atoms with Gasteiger partial charge in [-0.05, 0) is 24.1 Å². The van der Waals surface area contributed by atoms with E-state index in [-0.39, 0.29) is 12.0 Å². The maximum Gasteiger partial charge on any atom is 0.410 e. The smallest absolute Gasteiger partial charge is 0.410 e. The second-order valence-electron chi connectivity index (χ2n) is 5.20. The van der Waals surface area contributed by atoms with Crippen molar-refractivity contribution in [1.82, 2.24) is 10.2 Å². The number of hydrogen-bond acceptors (Lipinski definition) is 4. The molecule has 2 heterocycles. The van der Waals surface area contributed by atoms with Crippen molar-refractivity contribution >= 4 is 27.9 Å². The molecule has 3 atom stereocenters. The molecule has 1 aromatic carbocycles. The van der Waals surface area contributed by atoms with E-state index < -0.39 is 18.4 Å². The van der Waals surface area contributed by atoms with Crippen LogP contribution in [0, 0.1) is 0 Å². The molecule has 2 N–H and O–H groups in total. The summed E-state index contributed by atoms with van der Waals surface area (Å²) in [4.78, 5) is 24.8. The van der Waals surface area contributed by atoms with E-state index in [0.29, 0.717) is 19.4 Å². The van der Waals surface area contributed by atoms with Gasteiger partial charge in [-0.1, -0.05) is 28.1 Å². The Morgan fingerprint density at radius 1 is 1.38 bits per heavy atom. The Bertz CT molecular complexity index is 580. The van der Waals surface area contributed by atoms with Gasteiger partial charge in [0.2, 0.25) is 5.91 Å². The Labute approximate surface area is 130 Å². The fourth-order valence-corrected chi connectivity index (χ4v) is 3.14. The number of amides is 2. The van der Waals surface area contributed by atoms with Crippen LogP contribution < -0.4 is 5.32 Å². The van der Waals surface area contributed by atoms with Crippen molar-refractivity contribution in [2.75, 3.05) is 6.54 Å². The molecule has 2 amide bonds. The molecule has 0 radical (unpaired) electrons. The van der Waals surface area contributed by atoms with Gasteiger partial charge in [-0.3, -0.25) is 9.69 Å². The highest BCUT2D eigenvalue weighted by atomic mass is 79.9. The minimum atomic E-state index is -1.04. The van der Waals surface area contributed by atoms with Gasteiger partial charge in [0.1, 0.15) is 12.3 Å². The zero-order valence-corrected chi connectivity index (χ0v) is 12.7. The highest BCUT2D eigenvalue weighted by Gasteiger charge is 2.41. The van der Waals surface area contributed by atoms with Crippen molar-refractivity contribution in [2.45, 2.75) is 31.2 Å². The second-order valence-corrected chi connectivity index (χ2v) is 6.11. The normalized spacial score (nSPS) is 29.2. The van der Waals surface area contributed by atoms with E-state index in [1.54, 1.807) is 0 Å². The van der Waals surface area contributed by atoms with Crippen molar-refractivity contribution in [3.05, 3.63) is 34.3 Å². The van der Waals surface area contributed by atoms with Crippen LogP contribution in [-0.4, -0.2) is 40.8 Å². The summed E-state index contributed by atoms with van der Waals surface area (Å²) in [6.07, 6.45) is -1.12.